The van der Waals surface area contributed by atoms with Crippen LogP contribution in [-0.2, 0) is 4.79 Å². The average Bonchev–Trinajstić information content (AvgIpc) is 2.46. The Hall–Kier alpha value is -1.43. The number of Topliss-reactive ketones (excluding diaryl/α,β-unsaturated/α-hetero) is 1. The number of rotatable bonds is 5. The van der Waals surface area contributed by atoms with Gasteiger partial charge in [0.1, 0.15) is 32.2 Å². The predicted molar refractivity (Wildman–Crippen MR) is 76.5 cm³/mol. The molecule has 1 atom stereocenters. The molecule has 2 N–H and O–H groups in total. The third kappa shape index (κ3) is 4.27. The second-order valence-electron chi connectivity index (χ2n) is 5.62. The van der Waals surface area contributed by atoms with Crippen molar-refractivity contribution in [2.45, 2.75) is 12.5 Å². The Morgan fingerprint density at radius 1 is 1.19 bits per heavy atom. The Morgan fingerprint density at radius 2 is 1.76 bits per heavy atom. The highest BCUT2D eigenvalue weighted by molar-refractivity contribution is 6.30. The van der Waals surface area contributed by atoms with Crippen LogP contribution in [0.3, 0.4) is 0 Å². The van der Waals surface area contributed by atoms with Crippen molar-refractivity contribution < 1.29 is 24.5 Å². The largest absolute Gasteiger partial charge is 0.544 e. The van der Waals surface area contributed by atoms with Crippen molar-refractivity contribution in [3.8, 4) is 0 Å². The lowest BCUT2D eigenvalue weighted by Crippen LogP contribution is -3.29. The van der Waals surface area contributed by atoms with Crippen LogP contribution in [0.5, 0.6) is 0 Å². The standard InChI is InChI=1S/C15H19ClN2O3/c1-17-6-8-18(9-7-17)13(15(20)21)10-14(19)11-2-4-12(16)5-3-11/h2-5,13H,6-10H2,1H3,(H,20,21)/p+1/t13-/m1/s1. The van der Waals surface area contributed by atoms with Crippen molar-refractivity contribution in [3.05, 3.63) is 34.9 Å². The Kier molecular flexibility index (Phi) is 5.33. The third-order valence-electron chi connectivity index (χ3n) is 4.08. The lowest BCUT2D eigenvalue weighted by atomic mass is 10.0. The van der Waals surface area contributed by atoms with Gasteiger partial charge >= 0.3 is 0 Å². The van der Waals surface area contributed by atoms with Gasteiger partial charge in [-0.3, -0.25) is 4.79 Å². The summed E-state index contributed by atoms with van der Waals surface area (Å²) in [7, 11) is 2.09. The minimum Gasteiger partial charge on any atom is -0.544 e. The number of piperazine rings is 1. The normalized spacial score (nSPS) is 23.5. The molecule has 0 radical (unpaired) electrons. The molecule has 0 aliphatic carbocycles. The Bertz CT molecular complexity index is 510. The molecule has 1 heterocycles. The zero-order valence-corrected chi connectivity index (χ0v) is 12.8. The molecule has 1 aliphatic rings. The van der Waals surface area contributed by atoms with Crippen LogP contribution >= 0.6 is 11.6 Å². The molecule has 0 spiro atoms. The third-order valence-corrected chi connectivity index (χ3v) is 4.33. The van der Waals surface area contributed by atoms with Crippen molar-refractivity contribution in [3.63, 3.8) is 0 Å². The van der Waals surface area contributed by atoms with Crippen molar-refractivity contribution in [1.82, 2.24) is 0 Å². The van der Waals surface area contributed by atoms with Gasteiger partial charge in [-0.25, -0.2) is 0 Å². The van der Waals surface area contributed by atoms with E-state index >= 15 is 0 Å². The molecule has 0 bridgehead atoms. The molecule has 0 amide bonds. The minimum atomic E-state index is -1.15. The van der Waals surface area contributed by atoms with Crippen LogP contribution < -0.4 is 14.9 Å². The van der Waals surface area contributed by atoms with E-state index in [9.17, 15) is 14.7 Å². The summed E-state index contributed by atoms with van der Waals surface area (Å²) in [6.45, 7) is 3.32. The van der Waals surface area contributed by atoms with Crippen molar-refractivity contribution >= 4 is 23.4 Å². The molecule has 1 aromatic carbocycles. The Morgan fingerprint density at radius 3 is 2.29 bits per heavy atom. The molecule has 1 saturated heterocycles. The summed E-state index contributed by atoms with van der Waals surface area (Å²) >= 11 is 5.79. The number of halogens is 1. The number of hydrogen-bond acceptors (Lipinski definition) is 3. The van der Waals surface area contributed by atoms with Crippen LogP contribution in [0.15, 0.2) is 24.3 Å². The summed E-state index contributed by atoms with van der Waals surface area (Å²) < 4.78 is 0. The summed E-state index contributed by atoms with van der Waals surface area (Å²) in [5.41, 5.74) is 0.491. The smallest absolute Gasteiger partial charge is 0.169 e. The molecule has 1 aliphatic heterocycles. The summed E-state index contributed by atoms with van der Waals surface area (Å²) in [6, 6.07) is 5.74. The molecular formula is C15H20ClN2O3+. The van der Waals surface area contributed by atoms with Crippen LogP contribution in [0.2, 0.25) is 5.02 Å². The van der Waals surface area contributed by atoms with Crippen LogP contribution in [0.25, 0.3) is 0 Å². The maximum Gasteiger partial charge on any atom is 0.169 e. The number of nitrogens with one attached hydrogen (secondary N) is 2. The van der Waals surface area contributed by atoms with Crippen molar-refractivity contribution in [1.29, 1.82) is 0 Å². The first-order valence-corrected chi connectivity index (χ1v) is 7.50. The number of hydrogen-bond donors (Lipinski definition) is 2. The van der Waals surface area contributed by atoms with E-state index in [2.05, 4.69) is 7.05 Å². The number of aliphatic carboxylic acids is 1. The molecule has 1 aromatic rings. The van der Waals surface area contributed by atoms with Gasteiger partial charge in [0.25, 0.3) is 0 Å². The second-order valence-corrected chi connectivity index (χ2v) is 6.06. The maximum atomic E-state index is 12.2. The van der Waals surface area contributed by atoms with Crippen LogP contribution in [-0.4, -0.2) is 51.0 Å². The first-order chi connectivity index (χ1) is 9.97. The summed E-state index contributed by atoms with van der Waals surface area (Å²) in [6.07, 6.45) is -0.0294. The van der Waals surface area contributed by atoms with Gasteiger partial charge < -0.3 is 19.7 Å². The van der Waals surface area contributed by atoms with Crippen molar-refractivity contribution in [2.75, 3.05) is 33.2 Å². The highest BCUT2D eigenvalue weighted by atomic mass is 35.5. The van der Waals surface area contributed by atoms with Crippen LogP contribution in [0.4, 0.5) is 0 Å². The fourth-order valence-corrected chi connectivity index (χ4v) is 2.81. The Balaban J connectivity index is 2.04. The molecule has 114 valence electrons. The van der Waals surface area contributed by atoms with E-state index in [0.29, 0.717) is 10.6 Å². The van der Waals surface area contributed by atoms with Gasteiger partial charge in [-0.2, -0.15) is 0 Å². The Labute approximate surface area is 129 Å². The number of likely N-dealkylation sites (N-methyl/N-ethyl adjacent to an activating group) is 1. The van der Waals surface area contributed by atoms with E-state index < -0.39 is 12.0 Å². The van der Waals surface area contributed by atoms with E-state index in [0.717, 1.165) is 31.1 Å². The second kappa shape index (κ2) is 7.02. The van der Waals surface area contributed by atoms with Gasteiger partial charge in [-0.05, 0) is 24.3 Å². The summed E-state index contributed by atoms with van der Waals surface area (Å²) in [4.78, 5) is 25.9. The molecule has 0 saturated carbocycles. The predicted octanol–water partition coefficient (Wildman–Crippen LogP) is -2.56. The van der Waals surface area contributed by atoms with E-state index in [1.54, 1.807) is 24.3 Å². The molecule has 21 heavy (non-hydrogen) atoms. The molecule has 0 aromatic heterocycles. The van der Waals surface area contributed by atoms with E-state index in [-0.39, 0.29) is 12.2 Å². The lowest BCUT2D eigenvalue weighted by molar-refractivity contribution is -1.01. The summed E-state index contributed by atoms with van der Waals surface area (Å²) in [5.74, 6) is -1.33. The molecule has 0 unspecified atom stereocenters. The fourth-order valence-electron chi connectivity index (χ4n) is 2.68. The molecule has 6 heteroatoms. The van der Waals surface area contributed by atoms with Gasteiger partial charge in [-0.1, -0.05) is 11.6 Å². The zero-order chi connectivity index (χ0) is 15.4. The highest BCUT2D eigenvalue weighted by Crippen LogP contribution is 2.11. The van der Waals surface area contributed by atoms with E-state index in [4.69, 9.17) is 11.6 Å². The average molecular weight is 312 g/mol. The number of quaternary nitrogens is 2. The first-order valence-electron chi connectivity index (χ1n) is 7.13. The van der Waals surface area contributed by atoms with Crippen molar-refractivity contribution in [2.24, 2.45) is 0 Å². The monoisotopic (exact) mass is 311 g/mol. The SMILES string of the molecule is C[NH+]1CC[NH+]([C@H](CC(=O)c2ccc(Cl)cc2)C(=O)[O-])CC1. The van der Waals surface area contributed by atoms with Gasteiger partial charge in [-0.15, -0.1) is 0 Å². The van der Waals surface area contributed by atoms with E-state index in [1.807, 2.05) is 0 Å². The molecule has 1 fully saturated rings. The fraction of sp³-hybridized carbons (Fsp3) is 0.467. The number of ketones is 1. The first kappa shape index (κ1) is 15.9. The zero-order valence-electron chi connectivity index (χ0n) is 12.0. The van der Waals surface area contributed by atoms with Gasteiger partial charge in [0.15, 0.2) is 5.78 Å². The molecule has 2 rings (SSSR count). The van der Waals surface area contributed by atoms with E-state index in [1.165, 1.54) is 4.90 Å². The number of carboxylic acids is 1. The van der Waals surface area contributed by atoms with Gasteiger partial charge in [0, 0.05) is 10.6 Å². The number of benzene rings is 1. The quantitative estimate of drug-likeness (QED) is 0.588. The van der Waals surface area contributed by atoms with Gasteiger partial charge in [0.2, 0.25) is 0 Å². The van der Waals surface area contributed by atoms with Gasteiger partial charge in [0.05, 0.1) is 19.4 Å². The molecular weight excluding hydrogens is 292 g/mol. The maximum absolute atomic E-state index is 12.2. The summed E-state index contributed by atoms with van der Waals surface area (Å²) in [5, 5.41) is 11.9. The molecule has 5 nitrogen and oxygen atoms in total. The van der Waals surface area contributed by atoms with Crippen LogP contribution in [0.1, 0.15) is 16.8 Å². The minimum absolute atomic E-state index is 0.0294. The van der Waals surface area contributed by atoms with Crippen LogP contribution in [0, 0.1) is 0 Å². The number of carbonyl (C=O) groups excluding carboxylic acids is 2. The number of carbonyl (C=O) groups is 2. The lowest BCUT2D eigenvalue weighted by Gasteiger charge is -2.33. The highest BCUT2D eigenvalue weighted by Gasteiger charge is 2.30. The number of carboxylic acid groups (broad SMARTS) is 1. The topological polar surface area (TPSA) is 66.1 Å².